The predicted molar refractivity (Wildman–Crippen MR) is 61.1 cm³/mol. The van der Waals surface area contributed by atoms with Crippen molar-refractivity contribution in [1.82, 2.24) is 4.90 Å². The van der Waals surface area contributed by atoms with Crippen molar-refractivity contribution in [1.29, 1.82) is 0 Å². The second-order valence-electron chi connectivity index (χ2n) is 5.96. The Hall–Kier alpha value is -0.460. The summed E-state index contributed by atoms with van der Waals surface area (Å²) in [6.45, 7) is 12.7. The number of fused-ring (bicyclic) bond motifs is 1. The molecule has 0 saturated carbocycles. The Morgan fingerprint density at radius 1 is 1.21 bits per heavy atom. The lowest BCUT2D eigenvalue weighted by Crippen LogP contribution is -2.54. The summed E-state index contributed by atoms with van der Waals surface area (Å²) in [6.07, 6.45) is 6.66. The van der Waals surface area contributed by atoms with E-state index in [-0.39, 0.29) is 0 Å². The van der Waals surface area contributed by atoms with Gasteiger partial charge in [0.25, 0.3) is 0 Å². The number of hydrogen-bond donors (Lipinski definition) is 0. The molecule has 2 fully saturated rings. The molecule has 2 aliphatic heterocycles. The molecule has 0 aromatic carbocycles. The molecule has 14 heavy (non-hydrogen) atoms. The van der Waals surface area contributed by atoms with Crippen molar-refractivity contribution in [2.75, 3.05) is 6.54 Å². The van der Waals surface area contributed by atoms with Gasteiger partial charge in [-0.3, -0.25) is 0 Å². The maximum atomic E-state index is 4.24. The van der Waals surface area contributed by atoms with E-state index in [0.717, 1.165) is 0 Å². The van der Waals surface area contributed by atoms with Crippen LogP contribution in [0, 0.1) is 5.41 Å². The molecule has 1 atom stereocenters. The van der Waals surface area contributed by atoms with Crippen LogP contribution < -0.4 is 0 Å². The quantitative estimate of drug-likeness (QED) is 0.568. The fourth-order valence-electron chi connectivity index (χ4n) is 3.47. The highest BCUT2D eigenvalue weighted by atomic mass is 15.2. The lowest BCUT2D eigenvalue weighted by Gasteiger charge is -2.53. The second kappa shape index (κ2) is 3.01. The van der Waals surface area contributed by atoms with Gasteiger partial charge >= 0.3 is 0 Å². The monoisotopic (exact) mass is 193 g/mol. The summed E-state index contributed by atoms with van der Waals surface area (Å²) in [6, 6.07) is 0. The summed E-state index contributed by atoms with van der Waals surface area (Å²) in [4.78, 5) is 2.62. The van der Waals surface area contributed by atoms with Gasteiger partial charge in [-0.05, 0) is 37.5 Å². The average molecular weight is 193 g/mol. The first-order valence-corrected chi connectivity index (χ1v) is 5.93. The molecule has 0 aliphatic carbocycles. The highest BCUT2D eigenvalue weighted by molar-refractivity contribution is 5.15. The van der Waals surface area contributed by atoms with Gasteiger partial charge in [-0.15, -0.1) is 0 Å². The van der Waals surface area contributed by atoms with Crippen LogP contribution in [0.2, 0.25) is 0 Å². The minimum Gasteiger partial charge on any atom is -0.369 e. The molecule has 0 bridgehead atoms. The van der Waals surface area contributed by atoms with Crippen LogP contribution in [0.15, 0.2) is 12.3 Å². The predicted octanol–water partition coefficient (Wildman–Crippen LogP) is 3.56. The minimum absolute atomic E-state index is 0.396. The molecule has 0 amide bonds. The Balaban J connectivity index is 2.35. The van der Waals surface area contributed by atoms with Crippen molar-refractivity contribution in [2.24, 2.45) is 5.41 Å². The maximum Gasteiger partial charge on any atom is 0.0448 e. The molecule has 2 rings (SSSR count). The number of allylic oxidation sites excluding steroid dienone is 1. The van der Waals surface area contributed by atoms with Gasteiger partial charge in [0.05, 0.1) is 0 Å². The van der Waals surface area contributed by atoms with Gasteiger partial charge in [0.1, 0.15) is 0 Å². The molecule has 2 heterocycles. The molecule has 0 spiro atoms. The van der Waals surface area contributed by atoms with Gasteiger partial charge in [-0.2, -0.15) is 0 Å². The largest absolute Gasteiger partial charge is 0.369 e. The van der Waals surface area contributed by atoms with E-state index in [1.54, 1.807) is 0 Å². The summed E-state index contributed by atoms with van der Waals surface area (Å²) in [7, 11) is 0. The molecule has 1 nitrogen and oxygen atoms in total. The normalized spacial score (nSPS) is 33.4. The first-order chi connectivity index (χ1) is 6.47. The van der Waals surface area contributed by atoms with Gasteiger partial charge < -0.3 is 4.90 Å². The van der Waals surface area contributed by atoms with Crippen LogP contribution in [0.25, 0.3) is 0 Å². The van der Waals surface area contributed by atoms with Crippen molar-refractivity contribution in [3.8, 4) is 0 Å². The van der Waals surface area contributed by atoms with E-state index in [4.69, 9.17) is 0 Å². The van der Waals surface area contributed by atoms with Gasteiger partial charge in [0.15, 0.2) is 0 Å². The lowest BCUT2D eigenvalue weighted by molar-refractivity contribution is 0.0224. The third-order valence-corrected chi connectivity index (χ3v) is 4.32. The SMILES string of the molecule is C=C1CCCC2(C(C)(C)C)CCCN12. The summed E-state index contributed by atoms with van der Waals surface area (Å²) < 4.78 is 0. The van der Waals surface area contributed by atoms with Gasteiger partial charge in [-0.1, -0.05) is 27.4 Å². The van der Waals surface area contributed by atoms with Crippen molar-refractivity contribution >= 4 is 0 Å². The number of piperidine rings is 1. The zero-order valence-corrected chi connectivity index (χ0v) is 9.90. The molecule has 0 aromatic rings. The molecule has 1 unspecified atom stereocenters. The summed E-state index contributed by atoms with van der Waals surface area (Å²) in [5, 5.41) is 0. The molecule has 0 N–H and O–H groups in total. The van der Waals surface area contributed by atoms with Crippen molar-refractivity contribution in [2.45, 2.75) is 58.4 Å². The standard InChI is InChI=1S/C13H23N/c1-11-7-5-8-13(12(2,3)4)9-6-10-14(11)13/h1,5-10H2,2-4H3. The first kappa shape index (κ1) is 10.1. The molecular weight excluding hydrogens is 170 g/mol. The molecule has 2 saturated heterocycles. The average Bonchev–Trinajstić information content (AvgIpc) is 2.49. The Labute approximate surface area is 88.2 Å². The Kier molecular flexibility index (Phi) is 2.17. The lowest BCUT2D eigenvalue weighted by atomic mass is 9.67. The highest BCUT2D eigenvalue weighted by Crippen LogP contribution is 2.51. The smallest absolute Gasteiger partial charge is 0.0448 e. The van der Waals surface area contributed by atoms with Crippen LogP contribution in [0.5, 0.6) is 0 Å². The van der Waals surface area contributed by atoms with Crippen LogP contribution in [0.3, 0.4) is 0 Å². The molecule has 1 heteroatoms. The van der Waals surface area contributed by atoms with Gasteiger partial charge in [0, 0.05) is 17.8 Å². The summed E-state index contributed by atoms with van der Waals surface area (Å²) >= 11 is 0. The van der Waals surface area contributed by atoms with E-state index < -0.39 is 0 Å². The van der Waals surface area contributed by atoms with E-state index in [1.807, 2.05) is 0 Å². The fourth-order valence-corrected chi connectivity index (χ4v) is 3.47. The maximum absolute atomic E-state index is 4.24. The Morgan fingerprint density at radius 3 is 2.43 bits per heavy atom. The van der Waals surface area contributed by atoms with Crippen LogP contribution in [0.4, 0.5) is 0 Å². The van der Waals surface area contributed by atoms with E-state index in [1.165, 1.54) is 44.3 Å². The van der Waals surface area contributed by atoms with E-state index in [0.29, 0.717) is 11.0 Å². The summed E-state index contributed by atoms with van der Waals surface area (Å²) in [5.41, 5.74) is 2.22. The topological polar surface area (TPSA) is 3.24 Å². The van der Waals surface area contributed by atoms with E-state index in [9.17, 15) is 0 Å². The van der Waals surface area contributed by atoms with Crippen LogP contribution in [-0.2, 0) is 0 Å². The second-order valence-corrected chi connectivity index (χ2v) is 5.96. The zero-order chi connectivity index (χ0) is 10.4. The Bertz CT molecular complexity index is 248. The summed E-state index contributed by atoms with van der Waals surface area (Å²) in [5.74, 6) is 0. The third-order valence-electron chi connectivity index (χ3n) is 4.32. The Morgan fingerprint density at radius 2 is 1.86 bits per heavy atom. The number of rotatable bonds is 0. The molecule has 2 aliphatic rings. The molecule has 0 aromatic heterocycles. The van der Waals surface area contributed by atoms with E-state index >= 15 is 0 Å². The van der Waals surface area contributed by atoms with Crippen molar-refractivity contribution < 1.29 is 0 Å². The van der Waals surface area contributed by atoms with Crippen LogP contribution >= 0.6 is 0 Å². The molecule has 80 valence electrons. The zero-order valence-electron chi connectivity index (χ0n) is 9.90. The first-order valence-electron chi connectivity index (χ1n) is 5.93. The highest BCUT2D eigenvalue weighted by Gasteiger charge is 2.50. The number of hydrogen-bond acceptors (Lipinski definition) is 1. The van der Waals surface area contributed by atoms with Crippen molar-refractivity contribution in [3.63, 3.8) is 0 Å². The van der Waals surface area contributed by atoms with E-state index in [2.05, 4.69) is 32.3 Å². The van der Waals surface area contributed by atoms with Crippen molar-refractivity contribution in [3.05, 3.63) is 12.3 Å². The minimum atomic E-state index is 0.396. The third kappa shape index (κ3) is 1.21. The van der Waals surface area contributed by atoms with Gasteiger partial charge in [-0.25, -0.2) is 0 Å². The van der Waals surface area contributed by atoms with Gasteiger partial charge in [0.2, 0.25) is 0 Å². The molecular formula is C13H23N. The number of nitrogens with zero attached hydrogens (tertiary/aromatic N) is 1. The van der Waals surface area contributed by atoms with Crippen LogP contribution in [-0.4, -0.2) is 17.0 Å². The fraction of sp³-hybridized carbons (Fsp3) is 0.846. The molecule has 0 radical (unpaired) electrons. The van der Waals surface area contributed by atoms with Crippen LogP contribution in [0.1, 0.15) is 52.9 Å².